The lowest BCUT2D eigenvalue weighted by Gasteiger charge is -2.44. The van der Waals surface area contributed by atoms with Crippen LogP contribution in [0.25, 0.3) is 0 Å². The van der Waals surface area contributed by atoms with Crippen LogP contribution in [0.4, 0.5) is 0 Å². The first-order valence-corrected chi connectivity index (χ1v) is 10.0. The van der Waals surface area contributed by atoms with Gasteiger partial charge in [0, 0.05) is 12.4 Å². The number of thiazole rings is 1. The van der Waals surface area contributed by atoms with Gasteiger partial charge in [0.1, 0.15) is 21.9 Å². The molecule has 4 rings (SSSR count). The van der Waals surface area contributed by atoms with Gasteiger partial charge in [-0.1, -0.05) is 0 Å². The van der Waals surface area contributed by atoms with Gasteiger partial charge < -0.3 is 15.2 Å². The molecule has 1 aromatic heterocycles. The van der Waals surface area contributed by atoms with Crippen LogP contribution < -0.4 is 5.73 Å². The maximum Gasteiger partial charge on any atom is 0.235 e. The third-order valence-corrected chi connectivity index (χ3v) is 7.39. The highest BCUT2D eigenvalue weighted by Gasteiger charge is 2.53. The molecule has 2 fully saturated rings. The van der Waals surface area contributed by atoms with E-state index in [1.165, 1.54) is 16.2 Å². The maximum atomic E-state index is 13.2. The lowest BCUT2D eigenvalue weighted by Crippen LogP contribution is -2.57. The van der Waals surface area contributed by atoms with Gasteiger partial charge in [-0.05, 0) is 48.0 Å². The quantitative estimate of drug-likeness (QED) is 0.778. The summed E-state index contributed by atoms with van der Waals surface area (Å²) in [6.45, 7) is 2.32. The van der Waals surface area contributed by atoms with Crippen molar-refractivity contribution in [3.8, 4) is 0 Å². The highest BCUT2D eigenvalue weighted by molar-refractivity contribution is 9.10. The van der Waals surface area contributed by atoms with Gasteiger partial charge >= 0.3 is 0 Å². The topological polar surface area (TPSA) is 90.0 Å². The SMILES string of the molecule is CN1C(=O)[C@H](C2CCC3OCOC3C2)[C@@](C)(c2nc(Br)cs2)N=C1N. The number of hydrogen-bond donors (Lipinski definition) is 1. The average Bonchev–Trinajstić information content (AvgIpc) is 3.21. The zero-order valence-electron chi connectivity index (χ0n) is 14.1. The molecule has 3 heterocycles. The van der Waals surface area contributed by atoms with Gasteiger partial charge in [0.2, 0.25) is 5.91 Å². The molecule has 5 atom stereocenters. The van der Waals surface area contributed by atoms with Crippen molar-refractivity contribution in [2.45, 2.75) is 43.9 Å². The van der Waals surface area contributed by atoms with Crippen molar-refractivity contribution < 1.29 is 14.3 Å². The Hall–Kier alpha value is -1.03. The van der Waals surface area contributed by atoms with Crippen molar-refractivity contribution in [2.75, 3.05) is 13.8 Å². The third kappa shape index (κ3) is 2.81. The van der Waals surface area contributed by atoms with Gasteiger partial charge in [-0.25, -0.2) is 9.98 Å². The molecule has 2 N–H and O–H groups in total. The fraction of sp³-hybridized carbons (Fsp3) is 0.688. The van der Waals surface area contributed by atoms with Crippen molar-refractivity contribution >= 4 is 39.1 Å². The molecule has 2 aliphatic heterocycles. The van der Waals surface area contributed by atoms with Crippen LogP contribution in [-0.2, 0) is 19.8 Å². The Kier molecular flexibility index (Phi) is 4.38. The first kappa shape index (κ1) is 17.4. The Morgan fingerprint density at radius 2 is 2.16 bits per heavy atom. The molecule has 1 aliphatic carbocycles. The van der Waals surface area contributed by atoms with Crippen molar-refractivity contribution in [3.63, 3.8) is 0 Å². The molecule has 3 unspecified atom stereocenters. The van der Waals surface area contributed by atoms with Crippen molar-refractivity contribution in [2.24, 2.45) is 22.6 Å². The molecule has 0 aromatic carbocycles. The summed E-state index contributed by atoms with van der Waals surface area (Å²) < 4.78 is 12.1. The molecule has 1 saturated heterocycles. The molecule has 1 saturated carbocycles. The number of nitrogens with zero attached hydrogens (tertiary/aromatic N) is 3. The smallest absolute Gasteiger partial charge is 0.235 e. The van der Waals surface area contributed by atoms with E-state index in [9.17, 15) is 4.79 Å². The number of ether oxygens (including phenoxy) is 2. The number of amides is 1. The minimum Gasteiger partial charge on any atom is -0.369 e. The van der Waals surface area contributed by atoms with E-state index in [0.717, 1.165) is 28.9 Å². The van der Waals surface area contributed by atoms with E-state index in [4.69, 9.17) is 20.2 Å². The minimum absolute atomic E-state index is 0.00341. The summed E-state index contributed by atoms with van der Waals surface area (Å²) in [7, 11) is 1.69. The van der Waals surface area contributed by atoms with E-state index >= 15 is 0 Å². The number of carbonyl (C=O) groups is 1. The number of nitrogens with two attached hydrogens (primary N) is 1. The van der Waals surface area contributed by atoms with Crippen LogP contribution in [0.3, 0.4) is 0 Å². The van der Waals surface area contributed by atoms with Crippen molar-refractivity contribution in [1.29, 1.82) is 0 Å². The monoisotopic (exact) mass is 428 g/mol. The normalized spacial score (nSPS) is 38.6. The number of aliphatic imine (C=N–C) groups is 1. The molecule has 0 bridgehead atoms. The van der Waals surface area contributed by atoms with Gasteiger partial charge in [-0.2, -0.15) is 0 Å². The third-order valence-electron chi connectivity index (χ3n) is 5.61. The second-order valence-electron chi connectivity index (χ2n) is 7.07. The molecular formula is C16H21BrN4O3S. The van der Waals surface area contributed by atoms with Crippen molar-refractivity contribution in [1.82, 2.24) is 9.88 Å². The Balaban J connectivity index is 1.73. The number of guanidine groups is 1. The predicted octanol–water partition coefficient (Wildman–Crippen LogP) is 2.07. The number of hydrogen-bond acceptors (Lipinski definition) is 7. The molecule has 7 nitrogen and oxygen atoms in total. The number of rotatable bonds is 2. The van der Waals surface area contributed by atoms with E-state index in [1.807, 2.05) is 12.3 Å². The van der Waals surface area contributed by atoms with Gasteiger partial charge in [0.05, 0.1) is 18.1 Å². The predicted molar refractivity (Wildman–Crippen MR) is 97.0 cm³/mol. The summed E-state index contributed by atoms with van der Waals surface area (Å²) in [6, 6.07) is 0. The van der Waals surface area contributed by atoms with Crippen LogP contribution in [0.5, 0.6) is 0 Å². The fourth-order valence-electron chi connectivity index (χ4n) is 4.29. The molecule has 9 heteroatoms. The molecule has 25 heavy (non-hydrogen) atoms. The second kappa shape index (κ2) is 6.29. The average molecular weight is 429 g/mol. The Morgan fingerprint density at radius 3 is 2.88 bits per heavy atom. The van der Waals surface area contributed by atoms with Gasteiger partial charge in [-0.15, -0.1) is 11.3 Å². The summed E-state index contributed by atoms with van der Waals surface area (Å²) in [5.41, 5.74) is 5.28. The Morgan fingerprint density at radius 1 is 1.40 bits per heavy atom. The van der Waals surface area contributed by atoms with Crippen LogP contribution >= 0.6 is 27.3 Å². The maximum absolute atomic E-state index is 13.2. The number of carbonyl (C=O) groups excluding carboxylic acids is 1. The molecule has 0 spiro atoms. The first-order valence-electron chi connectivity index (χ1n) is 8.37. The van der Waals surface area contributed by atoms with E-state index in [-0.39, 0.29) is 35.9 Å². The van der Waals surface area contributed by atoms with Crippen LogP contribution in [0.15, 0.2) is 15.0 Å². The minimum atomic E-state index is -0.763. The summed E-state index contributed by atoms with van der Waals surface area (Å²) in [4.78, 5) is 23.9. The lowest BCUT2D eigenvalue weighted by molar-refractivity contribution is -0.138. The highest BCUT2D eigenvalue weighted by atomic mass is 79.9. The van der Waals surface area contributed by atoms with Crippen LogP contribution in [0.1, 0.15) is 31.2 Å². The van der Waals surface area contributed by atoms with Crippen LogP contribution in [0, 0.1) is 11.8 Å². The summed E-state index contributed by atoms with van der Waals surface area (Å²) in [5.74, 6) is 0.0864. The van der Waals surface area contributed by atoms with Crippen molar-refractivity contribution in [3.05, 3.63) is 15.0 Å². The zero-order valence-corrected chi connectivity index (χ0v) is 16.5. The molecule has 0 radical (unpaired) electrons. The summed E-state index contributed by atoms with van der Waals surface area (Å²) >= 11 is 4.91. The largest absolute Gasteiger partial charge is 0.369 e. The summed E-state index contributed by atoms with van der Waals surface area (Å²) in [5, 5.41) is 2.72. The van der Waals surface area contributed by atoms with Gasteiger partial charge in [-0.3, -0.25) is 9.69 Å². The zero-order chi connectivity index (χ0) is 17.8. The Labute approximate surface area is 158 Å². The number of aromatic nitrogens is 1. The molecule has 1 aromatic rings. The lowest BCUT2D eigenvalue weighted by atomic mass is 9.68. The van der Waals surface area contributed by atoms with E-state index in [1.54, 1.807) is 7.05 Å². The van der Waals surface area contributed by atoms with Gasteiger partial charge in [0.25, 0.3) is 0 Å². The molecule has 136 valence electrons. The molecule has 3 aliphatic rings. The van der Waals surface area contributed by atoms with E-state index in [2.05, 4.69) is 20.9 Å². The summed E-state index contributed by atoms with van der Waals surface area (Å²) in [6.07, 6.45) is 2.83. The fourth-order valence-corrected chi connectivity index (χ4v) is 5.69. The highest BCUT2D eigenvalue weighted by Crippen LogP contribution is 2.48. The standard InChI is InChI=1S/C16H21BrN4O3S/c1-16(14-19-11(17)6-25-14)12(13(22)21(2)15(18)20-16)8-3-4-9-10(5-8)24-7-23-9/h6,8-10,12H,3-5,7H2,1-2H3,(H2,18,20)/t8?,9?,10?,12-,16-/m0/s1. The molecule has 1 amide bonds. The van der Waals surface area contributed by atoms with Gasteiger partial charge in [0.15, 0.2) is 5.96 Å². The first-order chi connectivity index (χ1) is 11.9. The second-order valence-corrected chi connectivity index (χ2v) is 8.74. The van der Waals surface area contributed by atoms with Crippen LogP contribution in [0.2, 0.25) is 0 Å². The van der Waals surface area contributed by atoms with E-state index < -0.39 is 5.54 Å². The number of halogens is 1. The molecular weight excluding hydrogens is 408 g/mol. The number of fused-ring (bicyclic) bond motifs is 1. The Bertz CT molecular complexity index is 726. The van der Waals surface area contributed by atoms with E-state index in [0.29, 0.717) is 6.79 Å². The van der Waals surface area contributed by atoms with Crippen LogP contribution in [-0.4, -0.2) is 47.8 Å².